The van der Waals surface area contributed by atoms with Crippen LogP contribution in [0, 0.1) is 5.92 Å². The second kappa shape index (κ2) is 10.2. The van der Waals surface area contributed by atoms with Gasteiger partial charge in [-0.3, -0.25) is 23.7 Å². The first-order chi connectivity index (χ1) is 19.1. The predicted molar refractivity (Wildman–Crippen MR) is 144 cm³/mol. The number of hydrogen-bond donors (Lipinski definition) is 0. The molecule has 40 heavy (non-hydrogen) atoms. The van der Waals surface area contributed by atoms with Crippen LogP contribution in [0.25, 0.3) is 0 Å². The van der Waals surface area contributed by atoms with Crippen molar-refractivity contribution in [2.75, 3.05) is 18.0 Å². The molecule has 2 saturated heterocycles. The number of imide groups is 1. The number of carbonyl (C=O) groups is 3. The molecule has 0 radical (unpaired) electrons. The van der Waals surface area contributed by atoms with Crippen LogP contribution >= 0.6 is 23.1 Å². The molecule has 208 valence electrons. The number of halogens is 3. The largest absolute Gasteiger partial charge is 0.416 e. The Morgan fingerprint density at radius 3 is 2.35 bits per heavy atom. The van der Waals surface area contributed by atoms with Crippen molar-refractivity contribution >= 4 is 46.5 Å². The third kappa shape index (κ3) is 4.56. The highest BCUT2D eigenvalue weighted by molar-refractivity contribution is 8.00. The second-order valence-corrected chi connectivity index (χ2v) is 12.2. The summed E-state index contributed by atoms with van der Waals surface area (Å²) in [6, 6.07) is 13.2. The Hall–Kier alpha value is -3.38. The van der Waals surface area contributed by atoms with Crippen LogP contribution < -0.4 is 9.77 Å². The van der Waals surface area contributed by atoms with Gasteiger partial charge in [-0.15, -0.1) is 0 Å². The van der Waals surface area contributed by atoms with E-state index in [0.717, 1.165) is 59.4 Å². The Bertz CT molecular complexity index is 1550. The molecule has 0 spiro atoms. The summed E-state index contributed by atoms with van der Waals surface area (Å²) in [6.07, 6.45) is -1.79. The number of anilines is 1. The van der Waals surface area contributed by atoms with Gasteiger partial charge in [-0.25, -0.2) is 4.90 Å². The van der Waals surface area contributed by atoms with Gasteiger partial charge >= 0.3 is 11.0 Å². The monoisotopic (exact) mass is 587 g/mol. The Labute approximate surface area is 235 Å². The maximum absolute atomic E-state index is 13.9. The highest BCUT2D eigenvalue weighted by Gasteiger charge is 2.57. The molecule has 4 heterocycles. The lowest BCUT2D eigenvalue weighted by Crippen LogP contribution is -2.39. The van der Waals surface area contributed by atoms with Crippen LogP contribution in [-0.4, -0.2) is 45.5 Å². The van der Waals surface area contributed by atoms with Crippen LogP contribution in [0.5, 0.6) is 0 Å². The van der Waals surface area contributed by atoms with Gasteiger partial charge in [0.1, 0.15) is 11.8 Å². The second-order valence-electron chi connectivity index (χ2n) is 10.1. The summed E-state index contributed by atoms with van der Waals surface area (Å²) in [6.45, 7) is 1.09. The summed E-state index contributed by atoms with van der Waals surface area (Å²) in [7, 11) is 0. The molecule has 0 unspecified atom stereocenters. The molecule has 3 atom stereocenters. The van der Waals surface area contributed by atoms with Gasteiger partial charge in [0.15, 0.2) is 0 Å². The smallest absolute Gasteiger partial charge is 0.341 e. The van der Waals surface area contributed by atoms with Crippen LogP contribution in [0.3, 0.4) is 0 Å². The first kappa shape index (κ1) is 26.8. The van der Waals surface area contributed by atoms with Crippen LogP contribution in [-0.2, 0) is 27.1 Å². The number of fused-ring (bicyclic) bond motifs is 2. The lowest BCUT2D eigenvalue weighted by atomic mass is 9.83. The maximum Gasteiger partial charge on any atom is 0.416 e. The first-order valence-corrected chi connectivity index (χ1v) is 14.6. The average molecular weight is 588 g/mol. The van der Waals surface area contributed by atoms with Crippen LogP contribution in [0.4, 0.5) is 18.9 Å². The Kier molecular flexibility index (Phi) is 6.86. The number of hydrogen-bond acceptors (Lipinski definition) is 6. The number of amides is 3. The molecule has 1 aromatic heterocycles. The highest BCUT2D eigenvalue weighted by atomic mass is 32.2. The van der Waals surface area contributed by atoms with E-state index in [9.17, 15) is 32.3 Å². The van der Waals surface area contributed by atoms with E-state index in [1.54, 1.807) is 35.2 Å². The van der Waals surface area contributed by atoms with Gasteiger partial charge in [-0.2, -0.15) is 13.2 Å². The van der Waals surface area contributed by atoms with Crippen LogP contribution in [0.2, 0.25) is 0 Å². The number of benzene rings is 2. The Morgan fingerprint density at radius 1 is 0.925 bits per heavy atom. The quantitative estimate of drug-likeness (QED) is 0.413. The topological polar surface area (TPSA) is 79.7 Å². The van der Waals surface area contributed by atoms with Gasteiger partial charge in [-0.05, 0) is 43.0 Å². The standard InChI is InChI=1S/C28H24F3N3O4S2/c29-28(30,31)17-10-7-11-18(14-17)34-24(36)21-20(16-8-3-1-4-9-16)23-26(39-22(21)25(34)37)33(27(38)40-23)15-19(35)32-12-5-2-6-13-32/h1,3-4,7-11,14,20-22H,2,5-6,12-13,15H2/t20-,21-,22+/m0/s1. The number of carbonyl (C=O) groups excluding carboxylic acids is 3. The van der Waals surface area contributed by atoms with Crippen molar-refractivity contribution in [2.45, 2.75) is 48.2 Å². The maximum atomic E-state index is 13.9. The Morgan fingerprint density at radius 2 is 1.65 bits per heavy atom. The van der Waals surface area contributed by atoms with Crippen molar-refractivity contribution in [1.29, 1.82) is 0 Å². The molecule has 0 saturated carbocycles. The van der Waals surface area contributed by atoms with Crippen molar-refractivity contribution in [3.63, 3.8) is 0 Å². The minimum Gasteiger partial charge on any atom is -0.341 e. The molecular formula is C28H24F3N3O4S2. The number of likely N-dealkylation sites (tertiary alicyclic amines) is 1. The highest BCUT2D eigenvalue weighted by Crippen LogP contribution is 2.54. The van der Waals surface area contributed by atoms with Gasteiger partial charge in [0.25, 0.3) is 0 Å². The molecule has 0 bridgehead atoms. The molecule has 12 heteroatoms. The van der Waals surface area contributed by atoms with E-state index < -0.39 is 40.6 Å². The molecule has 3 aliphatic rings. The summed E-state index contributed by atoms with van der Waals surface area (Å²) in [4.78, 5) is 56.7. The van der Waals surface area contributed by atoms with Crippen molar-refractivity contribution in [2.24, 2.45) is 5.92 Å². The van der Waals surface area contributed by atoms with Crippen molar-refractivity contribution < 1.29 is 27.6 Å². The summed E-state index contributed by atoms with van der Waals surface area (Å²) in [5.41, 5.74) is -0.397. The summed E-state index contributed by atoms with van der Waals surface area (Å²) in [5.74, 6) is -3.03. The number of nitrogens with zero attached hydrogens (tertiary/aromatic N) is 3. The van der Waals surface area contributed by atoms with Crippen molar-refractivity contribution in [3.8, 4) is 0 Å². The molecule has 7 nitrogen and oxygen atoms in total. The predicted octanol–water partition coefficient (Wildman–Crippen LogP) is 4.74. The summed E-state index contributed by atoms with van der Waals surface area (Å²) in [5, 5.41) is -0.507. The van der Waals surface area contributed by atoms with Crippen molar-refractivity contribution in [1.82, 2.24) is 9.47 Å². The number of piperidine rings is 1. The van der Waals surface area contributed by atoms with E-state index in [0.29, 0.717) is 28.6 Å². The van der Waals surface area contributed by atoms with Gasteiger partial charge < -0.3 is 4.90 Å². The summed E-state index contributed by atoms with van der Waals surface area (Å²) < 4.78 is 41.7. The van der Waals surface area contributed by atoms with Gasteiger partial charge in [0, 0.05) is 23.9 Å². The molecule has 3 aliphatic heterocycles. The zero-order valence-corrected chi connectivity index (χ0v) is 22.7. The van der Waals surface area contributed by atoms with E-state index >= 15 is 0 Å². The minimum absolute atomic E-state index is 0.146. The molecule has 2 fully saturated rings. The fourth-order valence-electron chi connectivity index (χ4n) is 5.73. The normalized spacial score (nSPS) is 22.8. The molecule has 0 N–H and O–H groups in total. The zero-order valence-electron chi connectivity index (χ0n) is 21.1. The lowest BCUT2D eigenvalue weighted by Gasteiger charge is -2.31. The number of alkyl halides is 3. The number of thioether (sulfide) groups is 1. The number of rotatable bonds is 4. The lowest BCUT2D eigenvalue weighted by molar-refractivity contribution is -0.137. The van der Waals surface area contributed by atoms with Crippen molar-refractivity contribution in [3.05, 3.63) is 80.3 Å². The molecule has 3 amide bonds. The number of aromatic nitrogens is 1. The van der Waals surface area contributed by atoms with E-state index in [2.05, 4.69) is 0 Å². The van der Waals surface area contributed by atoms with Crippen LogP contribution in [0.1, 0.15) is 41.2 Å². The van der Waals surface area contributed by atoms with E-state index in [-0.39, 0.29) is 23.0 Å². The molecule has 0 aliphatic carbocycles. The van der Waals surface area contributed by atoms with E-state index in [1.807, 2.05) is 0 Å². The minimum atomic E-state index is -4.64. The fourth-order valence-corrected chi connectivity index (χ4v) is 8.50. The fraction of sp³-hybridized carbons (Fsp3) is 0.357. The first-order valence-electron chi connectivity index (χ1n) is 12.9. The summed E-state index contributed by atoms with van der Waals surface area (Å²) >= 11 is 2.00. The molecular weight excluding hydrogens is 563 g/mol. The third-order valence-electron chi connectivity index (χ3n) is 7.64. The van der Waals surface area contributed by atoms with Gasteiger partial charge in [0.2, 0.25) is 17.7 Å². The SMILES string of the molecule is O=C(Cn1c2c(sc1=O)[C@@H](c1ccccc1)[C@@H]1C(=O)N(c3cccc(C(F)(F)F)c3)C(=O)[C@@H]1S2)N1CCCCC1. The van der Waals surface area contributed by atoms with Gasteiger partial charge in [0.05, 0.1) is 22.2 Å². The zero-order chi connectivity index (χ0) is 28.2. The van der Waals surface area contributed by atoms with E-state index in [4.69, 9.17) is 0 Å². The molecule has 3 aromatic rings. The molecule has 2 aromatic carbocycles. The number of thiazole rings is 1. The third-order valence-corrected chi connectivity index (χ3v) is 10.2. The van der Waals surface area contributed by atoms with Crippen LogP contribution in [0.15, 0.2) is 64.4 Å². The molecule has 6 rings (SSSR count). The van der Waals surface area contributed by atoms with E-state index in [1.165, 1.54) is 16.7 Å². The average Bonchev–Trinajstić information content (AvgIpc) is 3.39. The van der Waals surface area contributed by atoms with Gasteiger partial charge in [-0.1, -0.05) is 59.5 Å². The Balaban J connectivity index is 1.42.